The first-order chi connectivity index (χ1) is 15.1. The Morgan fingerprint density at radius 1 is 1.00 bits per heavy atom. The second-order valence-electron chi connectivity index (χ2n) is 8.85. The van der Waals surface area contributed by atoms with E-state index in [0.29, 0.717) is 18.4 Å². The van der Waals surface area contributed by atoms with Gasteiger partial charge in [-0.2, -0.15) is 10.1 Å². The molecule has 6 heteroatoms. The second kappa shape index (κ2) is 7.16. The van der Waals surface area contributed by atoms with Crippen molar-refractivity contribution in [1.82, 2.24) is 5.01 Å². The molecule has 0 spiro atoms. The molecule has 3 fully saturated rings. The molecule has 2 aromatic carbocycles. The molecule has 2 aromatic rings. The first-order valence-electron chi connectivity index (χ1n) is 10.7. The maximum absolute atomic E-state index is 13.0. The monoisotopic (exact) mass is 476 g/mol. The van der Waals surface area contributed by atoms with E-state index in [1.807, 2.05) is 48.5 Å². The lowest BCUT2D eigenvalue weighted by molar-refractivity contribution is -0.140. The fraction of sp³-hybridized carbons (Fsp3) is 0.320. The van der Waals surface area contributed by atoms with Gasteiger partial charge in [-0.3, -0.25) is 9.59 Å². The van der Waals surface area contributed by atoms with Gasteiger partial charge in [0, 0.05) is 0 Å². The van der Waals surface area contributed by atoms with Crippen molar-refractivity contribution < 1.29 is 14.3 Å². The van der Waals surface area contributed by atoms with Gasteiger partial charge in [-0.25, -0.2) is 0 Å². The van der Waals surface area contributed by atoms with Crippen molar-refractivity contribution in [3.63, 3.8) is 0 Å². The normalized spacial score (nSPS) is 32.5. The smallest absolute Gasteiger partial charge is 0.254 e. The van der Waals surface area contributed by atoms with Crippen molar-refractivity contribution in [2.45, 2.75) is 13.0 Å². The van der Waals surface area contributed by atoms with Crippen LogP contribution in [0.15, 0.2) is 70.3 Å². The highest BCUT2D eigenvalue weighted by molar-refractivity contribution is 9.10. The average molecular weight is 477 g/mol. The number of hydrogen-bond donors (Lipinski definition) is 0. The third-order valence-electron chi connectivity index (χ3n) is 7.15. The Morgan fingerprint density at radius 3 is 2.32 bits per heavy atom. The van der Waals surface area contributed by atoms with Crippen LogP contribution in [0.5, 0.6) is 5.75 Å². The molecule has 4 aliphatic carbocycles. The molecule has 2 saturated carbocycles. The van der Waals surface area contributed by atoms with Crippen LogP contribution in [-0.4, -0.2) is 23.0 Å². The Morgan fingerprint density at radius 2 is 1.68 bits per heavy atom. The Labute approximate surface area is 188 Å². The summed E-state index contributed by atoms with van der Waals surface area (Å²) in [5.41, 5.74) is 1.88. The van der Waals surface area contributed by atoms with E-state index in [2.05, 4.69) is 33.2 Å². The zero-order valence-electron chi connectivity index (χ0n) is 16.7. The van der Waals surface area contributed by atoms with Gasteiger partial charge in [-0.15, -0.1) is 0 Å². The number of ether oxygens (including phenoxy) is 1. The highest BCUT2D eigenvalue weighted by Crippen LogP contribution is 2.65. The molecule has 5 nitrogen and oxygen atoms in total. The molecule has 31 heavy (non-hydrogen) atoms. The lowest BCUT2D eigenvalue weighted by Gasteiger charge is -2.37. The van der Waals surface area contributed by atoms with E-state index < -0.39 is 0 Å². The SMILES string of the molecule is O=C1[C@@H]2[C@@H]3C=C[C@H]([C@@H]4C[C@H]34)[C@@H]2C(=O)N1/N=C\c1ccc(OCc2ccccc2)c(Br)c1. The van der Waals surface area contributed by atoms with Crippen molar-refractivity contribution in [1.29, 1.82) is 0 Å². The second-order valence-corrected chi connectivity index (χ2v) is 9.71. The van der Waals surface area contributed by atoms with E-state index in [1.165, 1.54) is 0 Å². The van der Waals surface area contributed by atoms with E-state index in [-0.39, 0.29) is 35.5 Å². The predicted octanol–water partition coefficient (Wildman–Crippen LogP) is 4.42. The lowest BCUT2D eigenvalue weighted by atomic mass is 9.63. The Kier molecular flexibility index (Phi) is 4.39. The summed E-state index contributed by atoms with van der Waals surface area (Å²) >= 11 is 3.54. The van der Waals surface area contributed by atoms with Crippen LogP contribution in [0.4, 0.5) is 0 Å². The minimum Gasteiger partial charge on any atom is -0.488 e. The van der Waals surface area contributed by atoms with Gasteiger partial charge in [0.1, 0.15) is 12.4 Å². The largest absolute Gasteiger partial charge is 0.488 e. The standard InChI is InChI=1S/C25H21BrN2O3/c26-20-10-15(6-9-21(20)31-13-14-4-2-1-3-5-14)12-27-28-24(29)22-16-7-8-17(19-11-18(16)19)23(22)25(28)30/h1-10,12,16-19,22-23H,11,13H2/b27-12-/t16-,17-,18-,19+,22-,23+/m1/s1. The molecule has 6 atom stereocenters. The third-order valence-corrected chi connectivity index (χ3v) is 7.77. The van der Waals surface area contributed by atoms with Gasteiger partial charge in [0.05, 0.1) is 22.5 Å². The maximum Gasteiger partial charge on any atom is 0.254 e. The number of rotatable bonds is 5. The number of benzene rings is 2. The van der Waals surface area contributed by atoms with Crippen molar-refractivity contribution in [2.24, 2.45) is 40.6 Å². The molecule has 1 aliphatic heterocycles. The van der Waals surface area contributed by atoms with Crippen LogP contribution in [-0.2, 0) is 16.2 Å². The quantitative estimate of drug-likeness (QED) is 0.364. The third kappa shape index (κ3) is 3.07. The maximum atomic E-state index is 13.0. The molecule has 1 saturated heterocycles. The van der Waals surface area contributed by atoms with Crippen LogP contribution >= 0.6 is 15.9 Å². The Hall–Kier alpha value is -2.73. The summed E-state index contributed by atoms with van der Waals surface area (Å²) in [6.45, 7) is 0.477. The summed E-state index contributed by atoms with van der Waals surface area (Å²) in [4.78, 5) is 26.0. The number of hydrogen-bond acceptors (Lipinski definition) is 4. The molecule has 0 aromatic heterocycles. The number of carbonyl (C=O) groups is 2. The fourth-order valence-electron chi connectivity index (χ4n) is 5.63. The summed E-state index contributed by atoms with van der Waals surface area (Å²) in [6.07, 6.45) is 7.08. The predicted molar refractivity (Wildman–Crippen MR) is 119 cm³/mol. The van der Waals surface area contributed by atoms with Crippen LogP contribution in [0.3, 0.4) is 0 Å². The first-order valence-corrected chi connectivity index (χ1v) is 11.5. The molecule has 156 valence electrons. The minimum absolute atomic E-state index is 0.141. The van der Waals surface area contributed by atoms with Crippen LogP contribution in [0.25, 0.3) is 0 Å². The molecule has 0 unspecified atom stereocenters. The molecule has 5 aliphatic rings. The van der Waals surface area contributed by atoms with Crippen molar-refractivity contribution >= 4 is 34.0 Å². The van der Waals surface area contributed by atoms with E-state index >= 15 is 0 Å². The molecular formula is C25H21BrN2O3. The zero-order chi connectivity index (χ0) is 21.1. The number of halogens is 1. The molecule has 1 heterocycles. The van der Waals surface area contributed by atoms with Crippen molar-refractivity contribution in [3.05, 3.63) is 76.3 Å². The summed E-state index contributed by atoms with van der Waals surface area (Å²) in [5, 5.41) is 5.41. The molecular weight excluding hydrogens is 456 g/mol. The number of nitrogens with zero attached hydrogens (tertiary/aromatic N) is 2. The van der Waals surface area contributed by atoms with E-state index in [4.69, 9.17) is 4.74 Å². The molecule has 2 bridgehead atoms. The number of imide groups is 1. The van der Waals surface area contributed by atoms with Crippen molar-refractivity contribution in [3.8, 4) is 5.75 Å². The summed E-state index contributed by atoms with van der Waals surface area (Å²) in [6, 6.07) is 15.6. The lowest BCUT2D eigenvalue weighted by Crippen LogP contribution is -2.40. The molecule has 7 rings (SSSR count). The summed E-state index contributed by atoms with van der Waals surface area (Å²) in [5.74, 6) is 1.62. The molecule has 2 amide bonds. The highest BCUT2D eigenvalue weighted by atomic mass is 79.9. The number of amides is 2. The number of hydrazone groups is 1. The van der Waals surface area contributed by atoms with Crippen LogP contribution in [0.1, 0.15) is 17.5 Å². The highest BCUT2D eigenvalue weighted by Gasteiger charge is 2.67. The van der Waals surface area contributed by atoms with Crippen LogP contribution < -0.4 is 4.74 Å². The van der Waals surface area contributed by atoms with Gasteiger partial charge in [-0.05, 0) is 75.3 Å². The van der Waals surface area contributed by atoms with E-state index in [1.54, 1.807) is 6.21 Å². The van der Waals surface area contributed by atoms with E-state index in [9.17, 15) is 9.59 Å². The Balaban J connectivity index is 1.16. The average Bonchev–Trinajstić information content (AvgIpc) is 3.57. The number of carbonyl (C=O) groups excluding carboxylic acids is 2. The fourth-order valence-corrected chi connectivity index (χ4v) is 6.14. The van der Waals surface area contributed by atoms with Crippen LogP contribution in [0, 0.1) is 35.5 Å². The summed E-state index contributed by atoms with van der Waals surface area (Å²) < 4.78 is 6.68. The minimum atomic E-state index is -0.219. The first kappa shape index (κ1) is 19.0. The van der Waals surface area contributed by atoms with Gasteiger partial charge < -0.3 is 4.74 Å². The van der Waals surface area contributed by atoms with Gasteiger partial charge in [-0.1, -0.05) is 42.5 Å². The number of allylic oxidation sites excluding steroid dienone is 2. The van der Waals surface area contributed by atoms with Gasteiger partial charge in [0.2, 0.25) is 0 Å². The van der Waals surface area contributed by atoms with Gasteiger partial charge in [0.25, 0.3) is 11.8 Å². The molecule has 0 N–H and O–H groups in total. The zero-order valence-corrected chi connectivity index (χ0v) is 18.3. The summed E-state index contributed by atoms with van der Waals surface area (Å²) in [7, 11) is 0. The van der Waals surface area contributed by atoms with Gasteiger partial charge >= 0.3 is 0 Å². The van der Waals surface area contributed by atoms with Crippen molar-refractivity contribution in [2.75, 3.05) is 0 Å². The van der Waals surface area contributed by atoms with Crippen LogP contribution in [0.2, 0.25) is 0 Å². The Bertz CT molecular complexity index is 1090. The topological polar surface area (TPSA) is 59.0 Å². The van der Waals surface area contributed by atoms with E-state index in [0.717, 1.165) is 32.8 Å². The van der Waals surface area contributed by atoms with Gasteiger partial charge in [0.15, 0.2) is 0 Å². The molecule has 0 radical (unpaired) electrons.